The van der Waals surface area contributed by atoms with Crippen molar-refractivity contribution in [2.45, 2.75) is 0 Å². The Morgan fingerprint density at radius 1 is 0.867 bits per heavy atom. The minimum Gasteiger partial charge on any atom is -0.243 e. The van der Waals surface area contributed by atoms with Crippen molar-refractivity contribution in [1.82, 2.24) is 25.4 Å². The van der Waals surface area contributed by atoms with Gasteiger partial charge in [-0.25, -0.2) is 9.97 Å². The summed E-state index contributed by atoms with van der Waals surface area (Å²) in [5.41, 5.74) is 1.53. The largest absolute Gasteiger partial charge is 0.243 e. The van der Waals surface area contributed by atoms with E-state index in [1.807, 2.05) is 10.8 Å². The van der Waals surface area contributed by atoms with Crippen LogP contribution in [-0.2, 0) is 0 Å². The van der Waals surface area contributed by atoms with Gasteiger partial charge in [-0.3, -0.25) is 0 Å². The summed E-state index contributed by atoms with van der Waals surface area (Å²) in [5, 5.41) is 16.3. The third kappa shape index (κ3) is 1.45. The van der Waals surface area contributed by atoms with E-state index in [0.29, 0.717) is 0 Å². The first-order chi connectivity index (χ1) is 7.45. The first-order valence-corrected chi connectivity index (χ1v) is 5.91. The number of aromatic nitrogens is 5. The predicted molar refractivity (Wildman–Crippen MR) is 58.6 cm³/mol. The zero-order valence-electron chi connectivity index (χ0n) is 7.41. The number of nitrogens with zero attached hydrogens (tertiary/aromatic N) is 4. The number of thiazole rings is 2. The monoisotopic (exact) mass is 235 g/mol. The molecule has 0 aliphatic carbocycles. The van der Waals surface area contributed by atoms with Crippen LogP contribution in [0.3, 0.4) is 0 Å². The lowest BCUT2D eigenvalue weighted by molar-refractivity contribution is 0.943. The van der Waals surface area contributed by atoms with Crippen molar-refractivity contribution in [3.05, 3.63) is 23.2 Å². The Kier molecular flexibility index (Phi) is 2.04. The molecule has 0 bridgehead atoms. The quantitative estimate of drug-likeness (QED) is 0.738. The van der Waals surface area contributed by atoms with Gasteiger partial charge in [0, 0.05) is 23.2 Å². The molecule has 0 saturated heterocycles. The number of hydrogen-bond donors (Lipinski definition) is 1. The lowest BCUT2D eigenvalue weighted by Crippen LogP contribution is -1.81. The summed E-state index contributed by atoms with van der Waals surface area (Å²) in [6.45, 7) is 0. The lowest BCUT2D eigenvalue weighted by atomic mass is 10.3. The van der Waals surface area contributed by atoms with Gasteiger partial charge in [-0.2, -0.15) is 15.4 Å². The number of H-pyrrole nitrogens is 1. The third-order valence-corrected chi connectivity index (χ3v) is 3.38. The van der Waals surface area contributed by atoms with Crippen molar-refractivity contribution in [3.63, 3.8) is 0 Å². The van der Waals surface area contributed by atoms with Crippen LogP contribution in [0.4, 0.5) is 0 Å². The van der Waals surface area contributed by atoms with Gasteiger partial charge in [-0.1, -0.05) is 0 Å². The molecule has 0 unspecified atom stereocenters. The van der Waals surface area contributed by atoms with Gasteiger partial charge in [-0.15, -0.1) is 22.7 Å². The van der Waals surface area contributed by atoms with Crippen LogP contribution >= 0.6 is 22.7 Å². The second kappa shape index (κ2) is 3.52. The van der Waals surface area contributed by atoms with Gasteiger partial charge in [0.25, 0.3) is 0 Å². The Morgan fingerprint density at radius 2 is 1.40 bits per heavy atom. The first-order valence-electron chi connectivity index (χ1n) is 4.15. The van der Waals surface area contributed by atoms with E-state index in [1.54, 1.807) is 12.4 Å². The molecule has 7 heteroatoms. The van der Waals surface area contributed by atoms with E-state index in [9.17, 15) is 0 Å². The highest BCUT2D eigenvalue weighted by molar-refractivity contribution is 7.14. The van der Waals surface area contributed by atoms with Gasteiger partial charge in [0.2, 0.25) is 0 Å². The van der Waals surface area contributed by atoms with Gasteiger partial charge in [0.05, 0.1) is 0 Å². The molecule has 0 aliphatic heterocycles. The molecule has 0 fully saturated rings. The summed E-state index contributed by atoms with van der Waals surface area (Å²) in [6.07, 6.45) is 3.50. The highest BCUT2D eigenvalue weighted by Gasteiger charge is 2.15. The maximum absolute atomic E-state index is 4.20. The van der Waals surface area contributed by atoms with Gasteiger partial charge < -0.3 is 0 Å². The molecule has 3 rings (SSSR count). The fraction of sp³-hybridized carbons (Fsp3) is 0. The van der Waals surface area contributed by atoms with E-state index in [2.05, 4.69) is 25.4 Å². The van der Waals surface area contributed by atoms with Crippen molar-refractivity contribution >= 4 is 22.7 Å². The molecular weight excluding hydrogens is 230 g/mol. The Labute approximate surface area is 92.9 Å². The van der Waals surface area contributed by atoms with Crippen molar-refractivity contribution < 1.29 is 0 Å². The topological polar surface area (TPSA) is 67.3 Å². The maximum atomic E-state index is 4.20. The van der Waals surface area contributed by atoms with Crippen molar-refractivity contribution in [2.24, 2.45) is 0 Å². The van der Waals surface area contributed by atoms with Crippen molar-refractivity contribution in [2.75, 3.05) is 0 Å². The number of nitrogens with one attached hydrogen (secondary N) is 1. The Morgan fingerprint density at radius 3 is 1.80 bits per heavy atom. The molecule has 5 nitrogen and oxygen atoms in total. The summed E-state index contributed by atoms with van der Waals surface area (Å²) in [4.78, 5) is 8.40. The van der Waals surface area contributed by atoms with E-state index in [4.69, 9.17) is 0 Å². The summed E-state index contributed by atoms with van der Waals surface area (Å²) < 4.78 is 0. The lowest BCUT2D eigenvalue weighted by Gasteiger charge is -1.91. The molecule has 0 atom stereocenters. The van der Waals surface area contributed by atoms with Gasteiger partial charge in [0.15, 0.2) is 11.4 Å². The molecule has 0 amide bonds. The summed E-state index contributed by atoms with van der Waals surface area (Å²) >= 11 is 3.07. The molecule has 0 aliphatic rings. The Balaban J connectivity index is 2.15. The number of aromatic amines is 1. The van der Waals surface area contributed by atoms with E-state index in [1.165, 1.54) is 22.7 Å². The van der Waals surface area contributed by atoms with Gasteiger partial charge >= 0.3 is 0 Å². The molecule has 3 aromatic rings. The average molecular weight is 235 g/mol. The molecule has 3 heterocycles. The molecule has 15 heavy (non-hydrogen) atoms. The van der Waals surface area contributed by atoms with Crippen LogP contribution in [0, 0.1) is 0 Å². The normalized spacial score (nSPS) is 10.7. The maximum Gasteiger partial charge on any atom is 0.151 e. The summed E-state index contributed by atoms with van der Waals surface area (Å²) in [6, 6.07) is 0. The summed E-state index contributed by atoms with van der Waals surface area (Å²) in [5.74, 6) is 0. The highest BCUT2D eigenvalue weighted by atomic mass is 32.1. The van der Waals surface area contributed by atoms with Crippen LogP contribution in [0.5, 0.6) is 0 Å². The smallest absolute Gasteiger partial charge is 0.151 e. The van der Waals surface area contributed by atoms with E-state index >= 15 is 0 Å². The van der Waals surface area contributed by atoms with Crippen molar-refractivity contribution in [3.8, 4) is 21.4 Å². The van der Waals surface area contributed by atoms with Gasteiger partial charge in [0.1, 0.15) is 10.0 Å². The van der Waals surface area contributed by atoms with Crippen LogP contribution < -0.4 is 0 Å². The van der Waals surface area contributed by atoms with E-state index in [-0.39, 0.29) is 0 Å². The average Bonchev–Trinajstić information content (AvgIpc) is 3.01. The van der Waals surface area contributed by atoms with Crippen LogP contribution in [0.2, 0.25) is 0 Å². The van der Waals surface area contributed by atoms with Crippen LogP contribution in [0.25, 0.3) is 21.4 Å². The molecule has 0 aromatic carbocycles. The standard InChI is InChI=1S/C8H5N5S2/c1-3-14-7(9-1)5-6(12-13-11-5)8-10-2-4-15-8/h1-4H,(H,11,12,13). The third-order valence-electron chi connectivity index (χ3n) is 1.82. The fourth-order valence-corrected chi connectivity index (χ4v) is 2.46. The second-order valence-electron chi connectivity index (χ2n) is 2.70. The molecule has 0 saturated carbocycles. The zero-order chi connectivity index (χ0) is 10.1. The van der Waals surface area contributed by atoms with Crippen LogP contribution in [0.1, 0.15) is 0 Å². The number of rotatable bonds is 2. The zero-order valence-corrected chi connectivity index (χ0v) is 9.05. The molecular formula is C8H5N5S2. The predicted octanol–water partition coefficient (Wildman–Crippen LogP) is 2.05. The minimum atomic E-state index is 0.764. The van der Waals surface area contributed by atoms with Gasteiger partial charge in [-0.05, 0) is 0 Å². The SMILES string of the molecule is c1csc(-c2n[nH]nc2-c2nccs2)n1. The minimum absolute atomic E-state index is 0.764. The van der Waals surface area contributed by atoms with Crippen LogP contribution in [0.15, 0.2) is 23.2 Å². The second-order valence-corrected chi connectivity index (χ2v) is 4.48. The summed E-state index contributed by atoms with van der Waals surface area (Å²) in [7, 11) is 0. The molecule has 0 radical (unpaired) electrons. The molecule has 1 N–H and O–H groups in total. The fourth-order valence-electron chi connectivity index (χ4n) is 1.21. The Hall–Kier alpha value is -1.60. The Bertz CT molecular complexity index is 491. The van der Waals surface area contributed by atoms with Crippen molar-refractivity contribution in [1.29, 1.82) is 0 Å². The van der Waals surface area contributed by atoms with Crippen LogP contribution in [-0.4, -0.2) is 25.4 Å². The molecule has 0 spiro atoms. The van der Waals surface area contributed by atoms with E-state index < -0.39 is 0 Å². The molecule has 74 valence electrons. The first kappa shape index (κ1) is 8.69. The molecule has 3 aromatic heterocycles. The number of hydrogen-bond acceptors (Lipinski definition) is 6. The van der Waals surface area contributed by atoms with E-state index in [0.717, 1.165) is 21.4 Å². The highest BCUT2D eigenvalue weighted by Crippen LogP contribution is 2.30.